The van der Waals surface area contributed by atoms with Crippen LogP contribution in [0.3, 0.4) is 0 Å². The number of rotatable bonds is 5. The lowest BCUT2D eigenvalue weighted by Crippen LogP contribution is -2.09. The lowest BCUT2D eigenvalue weighted by Gasteiger charge is -2.20. The highest BCUT2D eigenvalue weighted by Crippen LogP contribution is 2.31. The fourth-order valence-corrected chi connectivity index (χ4v) is 2.94. The van der Waals surface area contributed by atoms with Crippen molar-refractivity contribution in [3.63, 3.8) is 0 Å². The second-order valence-electron chi connectivity index (χ2n) is 5.89. The molecular formula is C17H24N2S. The number of anilines is 1. The van der Waals surface area contributed by atoms with Crippen LogP contribution in [0.2, 0.25) is 0 Å². The van der Waals surface area contributed by atoms with Gasteiger partial charge >= 0.3 is 0 Å². The van der Waals surface area contributed by atoms with Crippen molar-refractivity contribution in [3.05, 3.63) is 45.9 Å². The molecule has 0 aliphatic rings. The van der Waals surface area contributed by atoms with Crippen LogP contribution in [0.4, 0.5) is 5.69 Å². The summed E-state index contributed by atoms with van der Waals surface area (Å²) in [5, 5.41) is 6.77. The molecule has 20 heavy (non-hydrogen) atoms. The standard InChI is InChI=1S/C17H24N2S/c1-11(2)14-6-7-16(15(10-14)12(3)4)19-13(5)17-18-8-9-20-17/h6-13,19H,1-5H3. The van der Waals surface area contributed by atoms with Crippen molar-refractivity contribution in [1.29, 1.82) is 0 Å². The van der Waals surface area contributed by atoms with Crippen molar-refractivity contribution in [2.24, 2.45) is 0 Å². The van der Waals surface area contributed by atoms with Gasteiger partial charge in [-0.1, -0.05) is 39.8 Å². The monoisotopic (exact) mass is 288 g/mol. The fourth-order valence-electron chi connectivity index (χ4n) is 2.29. The normalized spacial score (nSPS) is 12.9. The lowest BCUT2D eigenvalue weighted by atomic mass is 9.94. The van der Waals surface area contributed by atoms with Gasteiger partial charge in [0, 0.05) is 17.3 Å². The molecule has 0 spiro atoms. The van der Waals surface area contributed by atoms with Gasteiger partial charge in [0.15, 0.2) is 0 Å². The largest absolute Gasteiger partial charge is 0.376 e. The zero-order valence-electron chi connectivity index (χ0n) is 13.0. The second kappa shape index (κ2) is 6.40. The number of hydrogen-bond acceptors (Lipinski definition) is 3. The van der Waals surface area contributed by atoms with Crippen molar-refractivity contribution in [2.75, 3.05) is 5.32 Å². The number of nitrogens with one attached hydrogen (secondary N) is 1. The van der Waals surface area contributed by atoms with Gasteiger partial charge in [-0.05, 0) is 36.0 Å². The topological polar surface area (TPSA) is 24.9 Å². The Morgan fingerprint density at radius 2 is 1.80 bits per heavy atom. The summed E-state index contributed by atoms with van der Waals surface area (Å²) < 4.78 is 0. The van der Waals surface area contributed by atoms with Gasteiger partial charge in [0.25, 0.3) is 0 Å². The minimum Gasteiger partial charge on any atom is -0.376 e. The Hall–Kier alpha value is -1.35. The summed E-state index contributed by atoms with van der Waals surface area (Å²) in [6.07, 6.45) is 1.86. The molecule has 0 amide bonds. The van der Waals surface area contributed by atoms with E-state index in [9.17, 15) is 0 Å². The highest BCUT2D eigenvalue weighted by Gasteiger charge is 2.13. The van der Waals surface area contributed by atoms with Crippen LogP contribution in [0.5, 0.6) is 0 Å². The number of nitrogens with zero attached hydrogens (tertiary/aromatic N) is 1. The Morgan fingerprint density at radius 3 is 2.35 bits per heavy atom. The summed E-state index contributed by atoms with van der Waals surface area (Å²) in [7, 11) is 0. The highest BCUT2D eigenvalue weighted by molar-refractivity contribution is 7.09. The average Bonchev–Trinajstić information content (AvgIpc) is 2.92. The Balaban J connectivity index is 2.27. The molecule has 2 aromatic rings. The molecule has 0 saturated heterocycles. The maximum atomic E-state index is 4.39. The van der Waals surface area contributed by atoms with Gasteiger partial charge in [0.2, 0.25) is 0 Å². The first-order valence-corrected chi connectivity index (χ1v) is 8.16. The summed E-state index contributed by atoms with van der Waals surface area (Å²) in [6, 6.07) is 7.03. The van der Waals surface area contributed by atoms with E-state index in [2.05, 4.69) is 63.1 Å². The van der Waals surface area contributed by atoms with Crippen molar-refractivity contribution >= 4 is 17.0 Å². The molecule has 108 valence electrons. The molecule has 0 aliphatic carbocycles. The third kappa shape index (κ3) is 3.40. The van der Waals surface area contributed by atoms with Gasteiger partial charge in [0.05, 0.1) is 6.04 Å². The van der Waals surface area contributed by atoms with Gasteiger partial charge < -0.3 is 5.32 Å². The van der Waals surface area contributed by atoms with E-state index in [0.29, 0.717) is 11.8 Å². The minimum atomic E-state index is 0.248. The van der Waals surface area contributed by atoms with Crippen LogP contribution in [0.15, 0.2) is 29.8 Å². The number of hydrogen-bond donors (Lipinski definition) is 1. The molecule has 0 radical (unpaired) electrons. The Labute approximate surface area is 126 Å². The van der Waals surface area contributed by atoms with E-state index in [-0.39, 0.29) is 6.04 Å². The zero-order chi connectivity index (χ0) is 14.7. The van der Waals surface area contributed by atoms with Gasteiger partial charge in [0.1, 0.15) is 5.01 Å². The fraction of sp³-hybridized carbons (Fsp3) is 0.471. The van der Waals surface area contributed by atoms with Crippen LogP contribution in [0.1, 0.15) is 68.6 Å². The minimum absolute atomic E-state index is 0.248. The summed E-state index contributed by atoms with van der Waals surface area (Å²) in [5.74, 6) is 1.08. The molecule has 2 rings (SSSR count). The number of aromatic nitrogens is 1. The molecule has 0 aliphatic heterocycles. The van der Waals surface area contributed by atoms with E-state index in [4.69, 9.17) is 0 Å². The van der Waals surface area contributed by atoms with E-state index in [1.165, 1.54) is 16.8 Å². The summed E-state index contributed by atoms with van der Waals surface area (Å²) in [6.45, 7) is 11.1. The Morgan fingerprint density at radius 1 is 1.05 bits per heavy atom. The first-order chi connectivity index (χ1) is 9.49. The molecular weight excluding hydrogens is 264 g/mol. The maximum Gasteiger partial charge on any atom is 0.115 e. The smallest absolute Gasteiger partial charge is 0.115 e. The van der Waals surface area contributed by atoms with Crippen molar-refractivity contribution in [3.8, 4) is 0 Å². The number of benzene rings is 1. The third-order valence-electron chi connectivity index (χ3n) is 3.56. The molecule has 3 heteroatoms. The van der Waals surface area contributed by atoms with E-state index in [1.54, 1.807) is 11.3 Å². The molecule has 1 heterocycles. The van der Waals surface area contributed by atoms with Crippen LogP contribution in [-0.2, 0) is 0 Å². The first kappa shape index (κ1) is 15.0. The highest BCUT2D eigenvalue weighted by atomic mass is 32.1. The van der Waals surface area contributed by atoms with Crippen LogP contribution >= 0.6 is 11.3 Å². The van der Waals surface area contributed by atoms with E-state index in [0.717, 1.165) is 5.01 Å². The van der Waals surface area contributed by atoms with Crippen LogP contribution in [0, 0.1) is 0 Å². The predicted molar refractivity (Wildman–Crippen MR) is 88.8 cm³/mol. The summed E-state index contributed by atoms with van der Waals surface area (Å²) in [5.41, 5.74) is 4.02. The van der Waals surface area contributed by atoms with Crippen LogP contribution < -0.4 is 5.32 Å². The lowest BCUT2D eigenvalue weighted by molar-refractivity contribution is 0.819. The molecule has 1 atom stereocenters. The molecule has 1 aromatic heterocycles. The van der Waals surface area contributed by atoms with Gasteiger partial charge in [-0.2, -0.15) is 0 Å². The molecule has 1 aromatic carbocycles. The van der Waals surface area contributed by atoms with Gasteiger partial charge in [-0.15, -0.1) is 11.3 Å². The van der Waals surface area contributed by atoms with E-state index >= 15 is 0 Å². The molecule has 1 unspecified atom stereocenters. The quantitative estimate of drug-likeness (QED) is 0.778. The zero-order valence-corrected chi connectivity index (χ0v) is 13.8. The van der Waals surface area contributed by atoms with Gasteiger partial charge in [-0.3, -0.25) is 0 Å². The van der Waals surface area contributed by atoms with E-state index in [1.807, 2.05) is 11.6 Å². The molecule has 0 bridgehead atoms. The summed E-state index contributed by atoms with van der Waals surface area (Å²) in [4.78, 5) is 4.39. The predicted octanol–water partition coefficient (Wildman–Crippen LogP) is 5.56. The van der Waals surface area contributed by atoms with Crippen LogP contribution in [0.25, 0.3) is 0 Å². The first-order valence-electron chi connectivity index (χ1n) is 7.28. The van der Waals surface area contributed by atoms with Crippen molar-refractivity contribution in [1.82, 2.24) is 4.98 Å². The SMILES string of the molecule is CC(C)c1ccc(NC(C)c2nccs2)c(C(C)C)c1. The van der Waals surface area contributed by atoms with E-state index < -0.39 is 0 Å². The average molecular weight is 288 g/mol. The number of thiazole rings is 1. The maximum absolute atomic E-state index is 4.39. The third-order valence-corrected chi connectivity index (χ3v) is 4.52. The molecule has 0 fully saturated rings. The van der Waals surface area contributed by atoms with Crippen molar-refractivity contribution in [2.45, 2.75) is 52.5 Å². The molecule has 0 saturated carbocycles. The Kier molecular flexibility index (Phi) is 4.81. The van der Waals surface area contributed by atoms with Crippen molar-refractivity contribution < 1.29 is 0 Å². The van der Waals surface area contributed by atoms with Gasteiger partial charge in [-0.25, -0.2) is 4.98 Å². The van der Waals surface area contributed by atoms with Crippen LogP contribution in [-0.4, -0.2) is 4.98 Å². The Bertz CT molecular complexity index is 544. The molecule has 2 nitrogen and oxygen atoms in total. The molecule has 1 N–H and O–H groups in total. The summed E-state index contributed by atoms with van der Waals surface area (Å²) >= 11 is 1.70. The second-order valence-corrected chi connectivity index (χ2v) is 6.82.